The third kappa shape index (κ3) is 2.02. The van der Waals surface area contributed by atoms with Crippen LogP contribution in [0, 0.1) is 0 Å². The summed E-state index contributed by atoms with van der Waals surface area (Å²) in [5.74, 6) is 0. The predicted octanol–water partition coefficient (Wildman–Crippen LogP) is 2.66. The topological polar surface area (TPSA) is 6.48 Å². The maximum Gasteiger partial charge on any atom is 0.206 e. The highest BCUT2D eigenvalue weighted by Gasteiger charge is 2.44. The minimum atomic E-state index is -1.21. The van der Waals surface area contributed by atoms with Gasteiger partial charge in [0.15, 0.2) is 0 Å². The molecule has 0 atom stereocenters. The lowest BCUT2D eigenvalue weighted by atomic mass is 10.4. The van der Waals surface area contributed by atoms with E-state index in [0.29, 0.717) is 0 Å². The van der Waals surface area contributed by atoms with Crippen LogP contribution >= 0.6 is 0 Å². The lowest BCUT2D eigenvalue weighted by Crippen LogP contribution is -2.63. The number of rotatable bonds is 4. The van der Waals surface area contributed by atoms with Crippen molar-refractivity contribution in [2.75, 3.05) is 26.2 Å². The minimum Gasteiger partial charge on any atom is -0.312 e. The number of hydrogen-bond acceptors (Lipinski definition) is 2. The van der Waals surface area contributed by atoms with E-state index in [-0.39, 0.29) is 0 Å². The van der Waals surface area contributed by atoms with Crippen molar-refractivity contribution in [3.05, 3.63) is 0 Å². The molecule has 2 aliphatic heterocycles. The second-order valence-corrected chi connectivity index (χ2v) is 9.72. The predicted molar refractivity (Wildman–Crippen MR) is 68.3 cm³/mol. The molecular formula is C12H26N2Si. The van der Waals surface area contributed by atoms with Crippen molar-refractivity contribution in [2.45, 2.75) is 51.6 Å². The van der Waals surface area contributed by atoms with Crippen LogP contribution in [-0.4, -0.2) is 43.7 Å². The van der Waals surface area contributed by atoms with Gasteiger partial charge in [-0.25, -0.2) is 0 Å². The van der Waals surface area contributed by atoms with Crippen molar-refractivity contribution in [3.8, 4) is 0 Å². The lowest BCUT2D eigenvalue weighted by molar-refractivity contribution is 0.392. The number of hydrogen-bond donors (Lipinski definition) is 0. The van der Waals surface area contributed by atoms with Gasteiger partial charge in [0.1, 0.15) is 0 Å². The van der Waals surface area contributed by atoms with Gasteiger partial charge in [-0.05, 0) is 64.0 Å². The van der Waals surface area contributed by atoms with Crippen LogP contribution in [0.1, 0.15) is 39.5 Å². The fourth-order valence-electron chi connectivity index (χ4n) is 3.61. The molecule has 0 bridgehead atoms. The molecule has 0 saturated carbocycles. The Bertz CT molecular complexity index is 174. The molecule has 2 heterocycles. The number of nitrogens with zero attached hydrogens (tertiary/aromatic N) is 2. The van der Waals surface area contributed by atoms with E-state index in [0.717, 1.165) is 0 Å². The van der Waals surface area contributed by atoms with Gasteiger partial charge in [0, 0.05) is 0 Å². The molecule has 0 N–H and O–H groups in total. The van der Waals surface area contributed by atoms with Gasteiger partial charge in [0.05, 0.1) is 0 Å². The highest BCUT2D eigenvalue weighted by Crippen LogP contribution is 2.31. The van der Waals surface area contributed by atoms with E-state index >= 15 is 0 Å². The zero-order chi connectivity index (χ0) is 10.7. The first-order valence-electron chi connectivity index (χ1n) is 6.83. The lowest BCUT2D eigenvalue weighted by Gasteiger charge is -2.45. The third-order valence-corrected chi connectivity index (χ3v) is 10.0. The largest absolute Gasteiger partial charge is 0.312 e. The summed E-state index contributed by atoms with van der Waals surface area (Å²) in [7, 11) is -1.21. The van der Waals surface area contributed by atoms with Crippen LogP contribution in [0.2, 0.25) is 12.1 Å². The summed E-state index contributed by atoms with van der Waals surface area (Å²) >= 11 is 0. The van der Waals surface area contributed by atoms with Gasteiger partial charge in [-0.15, -0.1) is 0 Å². The second kappa shape index (κ2) is 4.98. The van der Waals surface area contributed by atoms with Crippen molar-refractivity contribution in [1.82, 2.24) is 9.13 Å². The Labute approximate surface area is 95.8 Å². The quantitative estimate of drug-likeness (QED) is 0.680. The van der Waals surface area contributed by atoms with Crippen molar-refractivity contribution in [3.63, 3.8) is 0 Å². The molecule has 0 aromatic rings. The summed E-state index contributed by atoms with van der Waals surface area (Å²) in [4.78, 5) is 0. The van der Waals surface area contributed by atoms with Crippen molar-refractivity contribution < 1.29 is 0 Å². The first-order chi connectivity index (χ1) is 7.33. The van der Waals surface area contributed by atoms with Crippen molar-refractivity contribution in [1.29, 1.82) is 0 Å². The molecule has 2 nitrogen and oxygen atoms in total. The van der Waals surface area contributed by atoms with Crippen LogP contribution in [0.15, 0.2) is 0 Å². The summed E-state index contributed by atoms with van der Waals surface area (Å²) in [5, 5.41) is 0. The summed E-state index contributed by atoms with van der Waals surface area (Å²) in [6, 6.07) is 2.87. The first-order valence-corrected chi connectivity index (χ1v) is 9.14. The van der Waals surface area contributed by atoms with E-state index in [1.54, 1.807) is 0 Å². The Morgan fingerprint density at radius 1 is 0.733 bits per heavy atom. The summed E-state index contributed by atoms with van der Waals surface area (Å²) < 4.78 is 5.80. The Hall–Kier alpha value is 0.137. The summed E-state index contributed by atoms with van der Waals surface area (Å²) in [6.45, 7) is 10.4. The Balaban J connectivity index is 2.13. The second-order valence-electron chi connectivity index (χ2n) is 5.08. The van der Waals surface area contributed by atoms with E-state index < -0.39 is 8.40 Å². The van der Waals surface area contributed by atoms with Crippen LogP contribution in [0.3, 0.4) is 0 Å². The van der Waals surface area contributed by atoms with Gasteiger partial charge in [-0.2, -0.15) is 0 Å². The third-order valence-electron chi connectivity index (χ3n) is 4.52. The molecule has 2 rings (SSSR count). The molecule has 0 aromatic heterocycles. The van der Waals surface area contributed by atoms with Crippen molar-refractivity contribution in [2.24, 2.45) is 0 Å². The molecule has 0 radical (unpaired) electrons. The molecule has 0 amide bonds. The molecule has 0 spiro atoms. The van der Waals surface area contributed by atoms with Crippen LogP contribution in [0.25, 0.3) is 0 Å². The van der Waals surface area contributed by atoms with E-state index in [1.165, 1.54) is 64.0 Å². The van der Waals surface area contributed by atoms with Gasteiger partial charge < -0.3 is 9.13 Å². The van der Waals surface area contributed by atoms with Crippen LogP contribution in [-0.2, 0) is 0 Å². The maximum absolute atomic E-state index is 2.90. The normalized spacial score (nSPS) is 25.2. The minimum absolute atomic E-state index is 1.21. The molecule has 2 aliphatic rings. The monoisotopic (exact) mass is 226 g/mol. The zero-order valence-corrected chi connectivity index (χ0v) is 11.5. The highest BCUT2D eigenvalue weighted by molar-refractivity contribution is 6.74. The average Bonchev–Trinajstić information content (AvgIpc) is 2.92. The van der Waals surface area contributed by atoms with Crippen LogP contribution < -0.4 is 0 Å². The maximum atomic E-state index is 2.90. The summed E-state index contributed by atoms with van der Waals surface area (Å²) in [6.07, 6.45) is 5.79. The molecule has 0 unspecified atom stereocenters. The average molecular weight is 226 g/mol. The Morgan fingerprint density at radius 3 is 1.33 bits per heavy atom. The highest BCUT2D eigenvalue weighted by atomic mass is 28.3. The standard InChI is InChI=1S/C12H26N2Si/c1-3-15(4-2,13-9-5-6-10-13)14-11-7-8-12-14/h3-12H2,1-2H3. The van der Waals surface area contributed by atoms with Gasteiger partial charge in [0.25, 0.3) is 0 Å². The van der Waals surface area contributed by atoms with Gasteiger partial charge >= 0.3 is 0 Å². The molecule has 2 fully saturated rings. The molecule has 3 heteroatoms. The SMILES string of the molecule is CC[Si](CC)(N1CCCC1)N1CCCC1. The van der Waals surface area contributed by atoms with E-state index in [4.69, 9.17) is 0 Å². The molecule has 2 saturated heterocycles. The Kier molecular flexibility index (Phi) is 3.86. The zero-order valence-electron chi connectivity index (χ0n) is 10.5. The summed E-state index contributed by atoms with van der Waals surface area (Å²) in [5.41, 5.74) is 0. The first kappa shape index (κ1) is 11.6. The Morgan fingerprint density at radius 2 is 1.07 bits per heavy atom. The molecular weight excluding hydrogens is 200 g/mol. The fraction of sp³-hybridized carbons (Fsp3) is 1.00. The van der Waals surface area contributed by atoms with Gasteiger partial charge in [-0.3, -0.25) is 0 Å². The molecule has 88 valence electrons. The molecule has 0 aromatic carbocycles. The van der Waals surface area contributed by atoms with E-state index in [1.807, 2.05) is 0 Å². The van der Waals surface area contributed by atoms with E-state index in [2.05, 4.69) is 23.0 Å². The van der Waals surface area contributed by atoms with Crippen LogP contribution in [0.5, 0.6) is 0 Å². The fourth-order valence-corrected chi connectivity index (χ4v) is 8.60. The molecule has 15 heavy (non-hydrogen) atoms. The van der Waals surface area contributed by atoms with Gasteiger partial charge in [-0.1, -0.05) is 13.8 Å². The van der Waals surface area contributed by atoms with Gasteiger partial charge in [0.2, 0.25) is 8.40 Å². The van der Waals surface area contributed by atoms with Crippen LogP contribution in [0.4, 0.5) is 0 Å². The van der Waals surface area contributed by atoms with E-state index in [9.17, 15) is 0 Å². The van der Waals surface area contributed by atoms with Crippen molar-refractivity contribution >= 4 is 8.40 Å². The smallest absolute Gasteiger partial charge is 0.206 e. The molecule has 0 aliphatic carbocycles.